The van der Waals surface area contributed by atoms with Crippen molar-refractivity contribution in [3.05, 3.63) is 79.9 Å². The van der Waals surface area contributed by atoms with Crippen LogP contribution in [0.25, 0.3) is 0 Å². The van der Waals surface area contributed by atoms with Crippen molar-refractivity contribution >= 4 is 27.6 Å². The molecule has 1 heterocycles. The van der Waals surface area contributed by atoms with Gasteiger partial charge >= 0.3 is 0 Å². The summed E-state index contributed by atoms with van der Waals surface area (Å²) in [7, 11) is 0. The third kappa shape index (κ3) is 3.86. The van der Waals surface area contributed by atoms with Gasteiger partial charge in [-0.3, -0.25) is 9.78 Å². The molecule has 0 unspecified atom stereocenters. The first-order chi connectivity index (χ1) is 11.5. The molecular formula is C17H14BrFN4O. The Morgan fingerprint density at radius 1 is 1.17 bits per heavy atom. The number of H-pyrrole nitrogens is 1. The van der Waals surface area contributed by atoms with Gasteiger partial charge in [-0.2, -0.15) is 0 Å². The molecule has 0 bridgehead atoms. The van der Waals surface area contributed by atoms with E-state index in [0.29, 0.717) is 6.42 Å². The van der Waals surface area contributed by atoms with Crippen LogP contribution in [0.4, 0.5) is 16.0 Å². The second kappa shape index (κ2) is 6.92. The summed E-state index contributed by atoms with van der Waals surface area (Å²) in [4.78, 5) is 14.8. The molecule has 0 saturated heterocycles. The number of benzene rings is 2. The summed E-state index contributed by atoms with van der Waals surface area (Å²) in [5.41, 5.74) is 2.60. The van der Waals surface area contributed by atoms with Crippen LogP contribution in [0.3, 0.4) is 0 Å². The molecule has 0 aliphatic heterocycles. The first kappa shape index (κ1) is 16.3. The average Bonchev–Trinajstić information content (AvgIpc) is 2.55. The van der Waals surface area contributed by atoms with Crippen LogP contribution < -0.4 is 10.9 Å². The van der Waals surface area contributed by atoms with Gasteiger partial charge in [0.05, 0.1) is 0 Å². The SMILES string of the molecule is Cc1cc(Nc2nnc(Cc3ccc(F)cc3)c(=O)[nH]2)ccc1Br. The molecule has 0 spiro atoms. The zero-order valence-corrected chi connectivity index (χ0v) is 14.4. The van der Waals surface area contributed by atoms with Crippen molar-refractivity contribution in [2.24, 2.45) is 0 Å². The van der Waals surface area contributed by atoms with Gasteiger partial charge in [0.15, 0.2) is 0 Å². The Balaban J connectivity index is 1.78. The summed E-state index contributed by atoms with van der Waals surface area (Å²) in [6.45, 7) is 1.97. The number of aromatic amines is 1. The van der Waals surface area contributed by atoms with E-state index in [0.717, 1.165) is 21.3 Å². The number of hydrogen-bond donors (Lipinski definition) is 2. The lowest BCUT2D eigenvalue weighted by Gasteiger charge is -2.07. The van der Waals surface area contributed by atoms with Gasteiger partial charge < -0.3 is 5.32 Å². The largest absolute Gasteiger partial charge is 0.324 e. The van der Waals surface area contributed by atoms with Gasteiger partial charge in [0.25, 0.3) is 5.56 Å². The number of hydrogen-bond acceptors (Lipinski definition) is 4. The topological polar surface area (TPSA) is 70.7 Å². The fourth-order valence-electron chi connectivity index (χ4n) is 2.19. The Hall–Kier alpha value is -2.54. The van der Waals surface area contributed by atoms with E-state index >= 15 is 0 Å². The smallest absolute Gasteiger partial charge is 0.274 e. The number of aromatic nitrogens is 3. The van der Waals surface area contributed by atoms with Crippen molar-refractivity contribution in [3.8, 4) is 0 Å². The van der Waals surface area contributed by atoms with Crippen molar-refractivity contribution in [3.63, 3.8) is 0 Å². The Morgan fingerprint density at radius 2 is 1.92 bits per heavy atom. The predicted molar refractivity (Wildman–Crippen MR) is 94.0 cm³/mol. The minimum Gasteiger partial charge on any atom is -0.324 e. The highest BCUT2D eigenvalue weighted by atomic mass is 79.9. The van der Waals surface area contributed by atoms with Crippen LogP contribution in [0.2, 0.25) is 0 Å². The standard InChI is InChI=1S/C17H14BrFN4O/c1-10-8-13(6-7-14(10)18)20-17-21-16(24)15(22-23-17)9-11-2-4-12(19)5-3-11/h2-8H,9H2,1H3,(H2,20,21,23,24). The van der Waals surface area contributed by atoms with Gasteiger partial charge in [0.1, 0.15) is 11.5 Å². The van der Waals surface area contributed by atoms with Crippen molar-refractivity contribution in [1.29, 1.82) is 0 Å². The van der Waals surface area contributed by atoms with Gasteiger partial charge in [0, 0.05) is 16.6 Å². The van der Waals surface area contributed by atoms with Crippen LogP contribution in [-0.4, -0.2) is 15.2 Å². The highest BCUT2D eigenvalue weighted by molar-refractivity contribution is 9.10. The van der Waals surface area contributed by atoms with E-state index in [4.69, 9.17) is 0 Å². The quantitative estimate of drug-likeness (QED) is 0.714. The second-order valence-electron chi connectivity index (χ2n) is 5.34. The van der Waals surface area contributed by atoms with E-state index in [2.05, 4.69) is 36.4 Å². The maximum atomic E-state index is 12.9. The van der Waals surface area contributed by atoms with E-state index < -0.39 is 0 Å². The first-order valence-corrected chi connectivity index (χ1v) is 8.04. The summed E-state index contributed by atoms with van der Waals surface area (Å²) < 4.78 is 13.9. The summed E-state index contributed by atoms with van der Waals surface area (Å²) in [5.74, 6) is -0.0485. The minimum atomic E-state index is -0.328. The van der Waals surface area contributed by atoms with E-state index in [1.165, 1.54) is 12.1 Å². The molecule has 0 amide bonds. The first-order valence-electron chi connectivity index (χ1n) is 7.25. The minimum absolute atomic E-state index is 0.268. The van der Waals surface area contributed by atoms with Crippen LogP contribution in [-0.2, 0) is 6.42 Å². The van der Waals surface area contributed by atoms with Gasteiger partial charge in [-0.05, 0) is 48.4 Å². The number of nitrogens with one attached hydrogen (secondary N) is 2. The van der Waals surface area contributed by atoms with E-state index in [-0.39, 0.29) is 23.0 Å². The number of rotatable bonds is 4. The van der Waals surface area contributed by atoms with E-state index in [9.17, 15) is 9.18 Å². The van der Waals surface area contributed by atoms with E-state index in [1.54, 1.807) is 12.1 Å². The molecular weight excluding hydrogens is 375 g/mol. The highest BCUT2D eigenvalue weighted by Gasteiger charge is 2.07. The molecule has 0 fully saturated rings. The molecule has 122 valence electrons. The predicted octanol–water partition coefficient (Wildman–Crippen LogP) is 3.71. The zero-order chi connectivity index (χ0) is 17.1. The summed E-state index contributed by atoms with van der Waals surface area (Å²) in [6, 6.07) is 11.6. The lowest BCUT2D eigenvalue weighted by Crippen LogP contribution is -2.18. The van der Waals surface area contributed by atoms with Crippen LogP contribution in [0.15, 0.2) is 51.7 Å². The zero-order valence-electron chi connectivity index (χ0n) is 12.8. The Bertz CT molecular complexity index is 925. The molecule has 2 N–H and O–H groups in total. The maximum absolute atomic E-state index is 12.9. The van der Waals surface area contributed by atoms with Crippen LogP contribution in [0.1, 0.15) is 16.8 Å². The van der Waals surface area contributed by atoms with Gasteiger partial charge in [0.2, 0.25) is 5.95 Å². The lowest BCUT2D eigenvalue weighted by atomic mass is 10.1. The molecule has 2 aromatic carbocycles. The van der Waals surface area contributed by atoms with Crippen molar-refractivity contribution < 1.29 is 4.39 Å². The van der Waals surface area contributed by atoms with Gasteiger partial charge in [-0.25, -0.2) is 4.39 Å². The molecule has 5 nitrogen and oxygen atoms in total. The van der Waals surface area contributed by atoms with Gasteiger partial charge in [-0.1, -0.05) is 28.1 Å². The number of anilines is 2. The molecule has 1 aromatic heterocycles. The number of halogens is 2. The normalized spacial score (nSPS) is 10.6. The molecule has 0 aliphatic rings. The fourth-order valence-corrected chi connectivity index (χ4v) is 2.43. The van der Waals surface area contributed by atoms with Crippen LogP contribution in [0, 0.1) is 12.7 Å². The van der Waals surface area contributed by atoms with Gasteiger partial charge in [-0.15, -0.1) is 10.2 Å². The second-order valence-corrected chi connectivity index (χ2v) is 6.20. The number of aryl methyl sites for hydroxylation is 1. The Kier molecular flexibility index (Phi) is 4.71. The molecule has 0 radical (unpaired) electrons. The van der Waals surface area contributed by atoms with Crippen molar-refractivity contribution in [1.82, 2.24) is 15.2 Å². The molecule has 7 heteroatoms. The third-order valence-electron chi connectivity index (χ3n) is 3.47. The van der Waals surface area contributed by atoms with Crippen molar-refractivity contribution in [2.75, 3.05) is 5.32 Å². The fraction of sp³-hybridized carbons (Fsp3) is 0.118. The highest BCUT2D eigenvalue weighted by Crippen LogP contribution is 2.21. The summed E-state index contributed by atoms with van der Waals surface area (Å²) in [6.07, 6.45) is 0.292. The molecule has 3 aromatic rings. The molecule has 3 rings (SSSR count). The average molecular weight is 389 g/mol. The summed E-state index contributed by atoms with van der Waals surface area (Å²) >= 11 is 3.43. The van der Waals surface area contributed by atoms with E-state index in [1.807, 2.05) is 25.1 Å². The third-order valence-corrected chi connectivity index (χ3v) is 4.36. The Morgan fingerprint density at radius 3 is 2.58 bits per heavy atom. The Labute approximate surface area is 146 Å². The molecule has 0 saturated carbocycles. The summed E-state index contributed by atoms with van der Waals surface area (Å²) in [5, 5.41) is 11.0. The van der Waals surface area contributed by atoms with Crippen LogP contribution in [0.5, 0.6) is 0 Å². The molecule has 0 aliphatic carbocycles. The maximum Gasteiger partial charge on any atom is 0.274 e. The molecule has 24 heavy (non-hydrogen) atoms. The van der Waals surface area contributed by atoms with Crippen molar-refractivity contribution in [2.45, 2.75) is 13.3 Å². The number of nitrogens with zero attached hydrogens (tertiary/aromatic N) is 2. The molecule has 0 atom stereocenters. The van der Waals surface area contributed by atoms with Crippen LogP contribution >= 0.6 is 15.9 Å². The lowest BCUT2D eigenvalue weighted by molar-refractivity contribution is 0.627. The monoisotopic (exact) mass is 388 g/mol.